The highest BCUT2D eigenvalue weighted by atomic mass is 127. The molecule has 1 aromatic carbocycles. The quantitative estimate of drug-likeness (QED) is 0.220. The van der Waals surface area contributed by atoms with Crippen LogP contribution in [0.2, 0.25) is 0 Å². The number of fused-ring (bicyclic) bond motifs is 1. The van der Waals surface area contributed by atoms with Gasteiger partial charge in [-0.3, -0.25) is 4.99 Å². The minimum Gasteiger partial charge on any atom is -0.486 e. The van der Waals surface area contributed by atoms with Gasteiger partial charge in [-0.2, -0.15) is 11.8 Å². The van der Waals surface area contributed by atoms with Crippen LogP contribution in [0.25, 0.3) is 0 Å². The zero-order chi connectivity index (χ0) is 15.6. The molecule has 0 aromatic heterocycles. The summed E-state index contributed by atoms with van der Waals surface area (Å²) in [7, 11) is 1.76. The van der Waals surface area contributed by atoms with Crippen molar-refractivity contribution in [2.75, 3.05) is 38.2 Å². The number of halogens is 1. The average molecular weight is 449 g/mol. The Morgan fingerprint density at radius 2 is 2.17 bits per heavy atom. The summed E-state index contributed by atoms with van der Waals surface area (Å²) in [4.78, 5) is 4.20. The number of aliphatic imine (C=N–C) groups is 1. The van der Waals surface area contributed by atoms with Gasteiger partial charge in [0.2, 0.25) is 0 Å². The maximum atomic E-state index is 5.90. The number of guanidine groups is 1. The number of benzene rings is 1. The van der Waals surface area contributed by atoms with Gasteiger partial charge in [0.15, 0.2) is 17.5 Å². The van der Waals surface area contributed by atoms with E-state index in [1.54, 1.807) is 7.05 Å². The first-order valence-electron chi connectivity index (χ1n) is 7.35. The van der Waals surface area contributed by atoms with Gasteiger partial charge >= 0.3 is 0 Å². The summed E-state index contributed by atoms with van der Waals surface area (Å²) in [6, 6.07) is 7.72. The average Bonchev–Trinajstić information content (AvgIpc) is 2.57. The first kappa shape index (κ1) is 20.0. The summed E-state index contributed by atoms with van der Waals surface area (Å²) in [6.07, 6.45) is 1.89. The minimum absolute atomic E-state index is 0. The maximum absolute atomic E-state index is 5.90. The SMILES string of the molecule is C=CCSCCNC(=NC)NCC1COc2ccccc2O1.I. The highest BCUT2D eigenvalue weighted by Gasteiger charge is 2.20. The van der Waals surface area contributed by atoms with E-state index in [1.807, 2.05) is 42.1 Å². The zero-order valence-electron chi connectivity index (χ0n) is 13.3. The van der Waals surface area contributed by atoms with Crippen molar-refractivity contribution >= 4 is 41.7 Å². The molecule has 1 aliphatic heterocycles. The van der Waals surface area contributed by atoms with Crippen molar-refractivity contribution in [1.29, 1.82) is 0 Å². The van der Waals surface area contributed by atoms with Crippen molar-refractivity contribution in [3.8, 4) is 11.5 Å². The van der Waals surface area contributed by atoms with Crippen LogP contribution in [0.15, 0.2) is 41.9 Å². The van der Waals surface area contributed by atoms with Crippen LogP contribution in [0.5, 0.6) is 11.5 Å². The molecule has 0 spiro atoms. The topological polar surface area (TPSA) is 54.9 Å². The smallest absolute Gasteiger partial charge is 0.191 e. The Morgan fingerprint density at radius 3 is 2.91 bits per heavy atom. The summed E-state index contributed by atoms with van der Waals surface area (Å²) in [6.45, 7) is 5.75. The fraction of sp³-hybridized carbons (Fsp3) is 0.438. The summed E-state index contributed by atoms with van der Waals surface area (Å²) in [5.74, 6) is 4.37. The number of hydrogen-bond acceptors (Lipinski definition) is 4. The van der Waals surface area contributed by atoms with Crippen LogP contribution in [0.1, 0.15) is 0 Å². The number of ether oxygens (including phenoxy) is 2. The number of nitrogens with zero attached hydrogens (tertiary/aromatic N) is 1. The first-order valence-corrected chi connectivity index (χ1v) is 8.50. The lowest BCUT2D eigenvalue weighted by Gasteiger charge is -2.27. The van der Waals surface area contributed by atoms with Crippen molar-refractivity contribution in [3.05, 3.63) is 36.9 Å². The van der Waals surface area contributed by atoms with Crippen molar-refractivity contribution in [2.45, 2.75) is 6.10 Å². The van der Waals surface area contributed by atoms with E-state index < -0.39 is 0 Å². The molecule has 7 heteroatoms. The number of nitrogens with one attached hydrogen (secondary N) is 2. The molecule has 0 aliphatic carbocycles. The van der Waals surface area contributed by atoms with Crippen molar-refractivity contribution in [2.24, 2.45) is 4.99 Å². The Balaban J connectivity index is 0.00000264. The minimum atomic E-state index is -0.0245. The summed E-state index contributed by atoms with van der Waals surface area (Å²) >= 11 is 1.84. The summed E-state index contributed by atoms with van der Waals surface area (Å²) in [5, 5.41) is 6.54. The molecule has 128 valence electrons. The molecule has 0 amide bonds. The molecule has 0 bridgehead atoms. The lowest BCUT2D eigenvalue weighted by atomic mass is 10.2. The van der Waals surface area contributed by atoms with Gasteiger partial charge in [-0.15, -0.1) is 30.6 Å². The second kappa shape index (κ2) is 11.4. The highest BCUT2D eigenvalue weighted by molar-refractivity contribution is 14.0. The molecule has 1 aromatic rings. The lowest BCUT2D eigenvalue weighted by molar-refractivity contribution is 0.0936. The molecule has 5 nitrogen and oxygen atoms in total. The summed E-state index contributed by atoms with van der Waals surface area (Å²) < 4.78 is 11.6. The van der Waals surface area contributed by atoms with Crippen LogP contribution in [0.3, 0.4) is 0 Å². The second-order valence-electron chi connectivity index (χ2n) is 4.74. The fourth-order valence-corrected chi connectivity index (χ4v) is 2.58. The molecule has 1 unspecified atom stereocenters. The summed E-state index contributed by atoms with van der Waals surface area (Å²) in [5.41, 5.74) is 0. The van der Waals surface area contributed by atoms with Gasteiger partial charge in [0.1, 0.15) is 12.7 Å². The normalized spacial score (nSPS) is 16.2. The van der Waals surface area contributed by atoms with E-state index in [0.29, 0.717) is 13.2 Å². The van der Waals surface area contributed by atoms with Gasteiger partial charge in [0.05, 0.1) is 6.54 Å². The third-order valence-corrected chi connectivity index (χ3v) is 4.03. The maximum Gasteiger partial charge on any atom is 0.191 e. The molecule has 23 heavy (non-hydrogen) atoms. The van der Waals surface area contributed by atoms with Crippen LogP contribution >= 0.6 is 35.7 Å². The Morgan fingerprint density at radius 1 is 1.39 bits per heavy atom. The van der Waals surface area contributed by atoms with E-state index in [1.165, 1.54) is 0 Å². The molecular weight excluding hydrogens is 425 g/mol. The molecular formula is C16H24IN3O2S. The Hall–Kier alpha value is -1.09. The second-order valence-corrected chi connectivity index (χ2v) is 5.89. The lowest BCUT2D eigenvalue weighted by Crippen LogP contribution is -2.45. The van der Waals surface area contributed by atoms with Crippen molar-refractivity contribution in [3.63, 3.8) is 0 Å². The molecule has 1 heterocycles. The van der Waals surface area contributed by atoms with Crippen LogP contribution in [0, 0.1) is 0 Å². The fourth-order valence-electron chi connectivity index (χ4n) is 2.00. The largest absolute Gasteiger partial charge is 0.486 e. The standard InChI is InChI=1S/C16H23N3O2S.HI/c1-3-9-22-10-8-18-16(17-2)19-11-13-12-20-14-6-4-5-7-15(14)21-13;/h3-7,13H,1,8-12H2,2H3,(H2,17,18,19);1H. The zero-order valence-corrected chi connectivity index (χ0v) is 16.4. The van der Waals surface area contributed by atoms with Gasteiger partial charge < -0.3 is 20.1 Å². The van der Waals surface area contributed by atoms with Crippen LogP contribution in [-0.2, 0) is 0 Å². The van der Waals surface area contributed by atoms with Gasteiger partial charge in [0.25, 0.3) is 0 Å². The van der Waals surface area contributed by atoms with Gasteiger partial charge in [0, 0.05) is 25.1 Å². The highest BCUT2D eigenvalue weighted by Crippen LogP contribution is 2.30. The van der Waals surface area contributed by atoms with E-state index in [4.69, 9.17) is 9.47 Å². The van der Waals surface area contributed by atoms with Gasteiger partial charge in [-0.1, -0.05) is 18.2 Å². The van der Waals surface area contributed by atoms with E-state index in [-0.39, 0.29) is 30.1 Å². The molecule has 2 rings (SSSR count). The first-order chi connectivity index (χ1) is 10.8. The Labute approximate surface area is 159 Å². The van der Waals surface area contributed by atoms with E-state index >= 15 is 0 Å². The van der Waals surface area contributed by atoms with E-state index in [9.17, 15) is 0 Å². The van der Waals surface area contributed by atoms with Crippen LogP contribution in [-0.4, -0.2) is 50.3 Å². The van der Waals surface area contributed by atoms with E-state index in [2.05, 4.69) is 22.2 Å². The number of hydrogen-bond donors (Lipinski definition) is 2. The van der Waals surface area contributed by atoms with Crippen LogP contribution < -0.4 is 20.1 Å². The molecule has 0 saturated heterocycles. The molecule has 1 atom stereocenters. The molecule has 0 radical (unpaired) electrons. The predicted molar refractivity (Wildman–Crippen MR) is 109 cm³/mol. The van der Waals surface area contributed by atoms with Crippen LogP contribution in [0.4, 0.5) is 0 Å². The van der Waals surface area contributed by atoms with Gasteiger partial charge in [-0.25, -0.2) is 0 Å². The molecule has 2 N–H and O–H groups in total. The van der Waals surface area contributed by atoms with Gasteiger partial charge in [-0.05, 0) is 12.1 Å². The number of para-hydroxylation sites is 2. The third kappa shape index (κ3) is 6.90. The van der Waals surface area contributed by atoms with E-state index in [0.717, 1.165) is 35.5 Å². The molecule has 0 fully saturated rings. The monoisotopic (exact) mass is 449 g/mol. The predicted octanol–water partition coefficient (Wildman–Crippen LogP) is 2.53. The number of thioether (sulfide) groups is 1. The Bertz CT molecular complexity index is 514. The molecule has 0 saturated carbocycles. The third-order valence-electron chi connectivity index (χ3n) is 3.06. The van der Waals surface area contributed by atoms with Crippen molar-refractivity contribution in [1.82, 2.24) is 10.6 Å². The van der Waals surface area contributed by atoms with Crippen molar-refractivity contribution < 1.29 is 9.47 Å². The molecule has 1 aliphatic rings. The number of rotatable bonds is 7. The Kier molecular flexibility index (Phi) is 9.93.